The van der Waals surface area contributed by atoms with Crippen molar-refractivity contribution in [3.8, 4) is 5.75 Å². The zero-order valence-corrected chi connectivity index (χ0v) is 12.4. The van der Waals surface area contributed by atoms with E-state index >= 15 is 0 Å². The lowest BCUT2D eigenvalue weighted by Gasteiger charge is -2.14. The van der Waals surface area contributed by atoms with Gasteiger partial charge in [-0.15, -0.1) is 0 Å². The molecular weight excluding hydrogens is 252 g/mol. The summed E-state index contributed by atoms with van der Waals surface area (Å²) < 4.78 is 10.5. The van der Waals surface area contributed by atoms with Crippen LogP contribution in [0.15, 0.2) is 36.9 Å². The summed E-state index contributed by atoms with van der Waals surface area (Å²) in [4.78, 5) is 12.0. The Morgan fingerprint density at radius 1 is 1.25 bits per heavy atom. The quantitative estimate of drug-likeness (QED) is 0.381. The zero-order valence-electron chi connectivity index (χ0n) is 12.4. The van der Waals surface area contributed by atoms with E-state index in [1.54, 1.807) is 37.5 Å². The lowest BCUT2D eigenvalue weighted by atomic mass is 10.1. The Morgan fingerprint density at radius 2 is 1.95 bits per heavy atom. The van der Waals surface area contributed by atoms with Gasteiger partial charge in [0.25, 0.3) is 0 Å². The van der Waals surface area contributed by atoms with Crippen LogP contribution < -0.4 is 4.74 Å². The van der Waals surface area contributed by atoms with Crippen LogP contribution >= 0.6 is 0 Å². The fraction of sp³-hybridized carbons (Fsp3) is 0.471. The third-order valence-electron chi connectivity index (χ3n) is 3.19. The van der Waals surface area contributed by atoms with Crippen molar-refractivity contribution in [2.24, 2.45) is 0 Å². The van der Waals surface area contributed by atoms with Crippen LogP contribution in [0.5, 0.6) is 5.75 Å². The van der Waals surface area contributed by atoms with Crippen LogP contribution in [0.4, 0.5) is 0 Å². The SMILES string of the molecule is C=C[C@@H](CCCCCC)OC(=O)c1ccc(OC)cc1. The van der Waals surface area contributed by atoms with E-state index in [1.165, 1.54) is 19.3 Å². The Bertz CT molecular complexity index is 409. The van der Waals surface area contributed by atoms with Gasteiger partial charge in [0.15, 0.2) is 0 Å². The van der Waals surface area contributed by atoms with Gasteiger partial charge < -0.3 is 9.47 Å². The number of rotatable bonds is 9. The molecule has 0 aliphatic carbocycles. The van der Waals surface area contributed by atoms with Crippen molar-refractivity contribution in [3.05, 3.63) is 42.5 Å². The summed E-state index contributed by atoms with van der Waals surface area (Å²) >= 11 is 0. The number of methoxy groups -OCH3 is 1. The number of unbranched alkanes of at least 4 members (excludes halogenated alkanes) is 3. The number of carbonyl (C=O) groups excluding carboxylic acids is 1. The molecule has 0 aromatic heterocycles. The zero-order chi connectivity index (χ0) is 14.8. The first kappa shape index (κ1) is 16.3. The third kappa shape index (κ3) is 5.47. The lowest BCUT2D eigenvalue weighted by molar-refractivity contribution is 0.0376. The molecule has 1 atom stereocenters. The highest BCUT2D eigenvalue weighted by Crippen LogP contribution is 2.15. The van der Waals surface area contributed by atoms with Gasteiger partial charge in [0, 0.05) is 0 Å². The molecule has 3 nitrogen and oxygen atoms in total. The molecule has 1 aromatic rings. The van der Waals surface area contributed by atoms with Crippen LogP contribution in [-0.4, -0.2) is 19.2 Å². The van der Waals surface area contributed by atoms with E-state index in [1.807, 2.05) is 0 Å². The minimum atomic E-state index is -0.312. The molecule has 0 aliphatic rings. The van der Waals surface area contributed by atoms with Gasteiger partial charge in [-0.1, -0.05) is 38.8 Å². The van der Waals surface area contributed by atoms with Crippen molar-refractivity contribution >= 4 is 5.97 Å². The topological polar surface area (TPSA) is 35.5 Å². The molecule has 0 spiro atoms. The van der Waals surface area contributed by atoms with Crippen LogP contribution in [0.3, 0.4) is 0 Å². The highest BCUT2D eigenvalue weighted by atomic mass is 16.5. The number of hydrogen-bond acceptors (Lipinski definition) is 3. The van der Waals surface area contributed by atoms with Crippen LogP contribution in [-0.2, 0) is 4.74 Å². The van der Waals surface area contributed by atoms with Gasteiger partial charge in [-0.25, -0.2) is 4.79 Å². The van der Waals surface area contributed by atoms with Crippen molar-refractivity contribution in [1.82, 2.24) is 0 Å². The highest BCUT2D eigenvalue weighted by Gasteiger charge is 2.13. The summed E-state index contributed by atoms with van der Waals surface area (Å²) in [6.45, 7) is 5.91. The van der Waals surface area contributed by atoms with Crippen molar-refractivity contribution in [3.63, 3.8) is 0 Å². The van der Waals surface area contributed by atoms with Gasteiger partial charge >= 0.3 is 5.97 Å². The predicted octanol–water partition coefficient (Wildman–Crippen LogP) is 4.38. The molecule has 20 heavy (non-hydrogen) atoms. The smallest absolute Gasteiger partial charge is 0.338 e. The molecule has 0 radical (unpaired) electrons. The molecule has 110 valence electrons. The molecule has 1 aromatic carbocycles. The monoisotopic (exact) mass is 276 g/mol. The van der Waals surface area contributed by atoms with Gasteiger partial charge in [0.05, 0.1) is 12.7 Å². The highest BCUT2D eigenvalue weighted by molar-refractivity contribution is 5.89. The Kier molecular flexibility index (Phi) is 7.48. The molecule has 0 N–H and O–H groups in total. The summed E-state index contributed by atoms with van der Waals surface area (Å²) in [5, 5.41) is 0. The van der Waals surface area contributed by atoms with Crippen LogP contribution in [0.2, 0.25) is 0 Å². The van der Waals surface area contributed by atoms with Crippen molar-refractivity contribution < 1.29 is 14.3 Å². The normalized spacial score (nSPS) is 11.7. The molecule has 0 heterocycles. The number of ether oxygens (including phenoxy) is 2. The standard InChI is InChI=1S/C17H24O3/c1-4-6-7-8-9-15(5-2)20-17(18)14-10-12-16(19-3)13-11-14/h5,10-13,15H,2,4,6-9H2,1,3H3/t15-/m0/s1. The largest absolute Gasteiger partial charge is 0.497 e. The average Bonchev–Trinajstić information content (AvgIpc) is 2.50. The first-order valence-electron chi connectivity index (χ1n) is 7.18. The summed E-state index contributed by atoms with van der Waals surface area (Å²) in [5.41, 5.74) is 0.534. The maximum absolute atomic E-state index is 12.0. The van der Waals surface area contributed by atoms with Crippen molar-refractivity contribution in [1.29, 1.82) is 0 Å². The molecule has 0 saturated heterocycles. The Balaban J connectivity index is 2.46. The molecule has 1 rings (SSSR count). The summed E-state index contributed by atoms with van der Waals surface area (Å²) in [7, 11) is 1.59. The third-order valence-corrected chi connectivity index (χ3v) is 3.19. The Labute approximate surface area is 121 Å². The van der Waals surface area contributed by atoms with E-state index in [-0.39, 0.29) is 12.1 Å². The van der Waals surface area contributed by atoms with Gasteiger partial charge in [-0.3, -0.25) is 0 Å². The first-order valence-corrected chi connectivity index (χ1v) is 7.18. The number of hydrogen-bond donors (Lipinski definition) is 0. The number of esters is 1. The summed E-state index contributed by atoms with van der Waals surface area (Å²) in [5.74, 6) is 0.412. The molecule has 0 aliphatic heterocycles. The Morgan fingerprint density at radius 3 is 2.50 bits per heavy atom. The number of carbonyl (C=O) groups is 1. The summed E-state index contributed by atoms with van der Waals surface area (Å²) in [6, 6.07) is 6.91. The Hall–Kier alpha value is -1.77. The van der Waals surface area contributed by atoms with Crippen molar-refractivity contribution in [2.45, 2.75) is 45.1 Å². The maximum atomic E-state index is 12.0. The van der Waals surface area contributed by atoms with E-state index in [2.05, 4.69) is 13.5 Å². The van der Waals surface area contributed by atoms with Crippen LogP contribution in [0.1, 0.15) is 49.4 Å². The second-order valence-corrected chi connectivity index (χ2v) is 4.76. The molecule has 0 saturated carbocycles. The van der Waals surface area contributed by atoms with Gasteiger partial charge in [0.1, 0.15) is 11.9 Å². The minimum absolute atomic E-state index is 0.207. The van der Waals surface area contributed by atoms with Gasteiger partial charge in [-0.05, 0) is 37.1 Å². The molecule has 0 amide bonds. The number of benzene rings is 1. The van der Waals surface area contributed by atoms with Gasteiger partial charge in [-0.2, -0.15) is 0 Å². The summed E-state index contributed by atoms with van der Waals surface area (Å²) in [6.07, 6.45) is 6.97. The van der Waals surface area contributed by atoms with Crippen molar-refractivity contribution in [2.75, 3.05) is 7.11 Å². The van der Waals surface area contributed by atoms with E-state index in [0.29, 0.717) is 5.56 Å². The average molecular weight is 276 g/mol. The van der Waals surface area contributed by atoms with Crippen LogP contribution in [0.25, 0.3) is 0 Å². The molecule has 3 heteroatoms. The van der Waals surface area contributed by atoms with E-state index < -0.39 is 0 Å². The fourth-order valence-corrected chi connectivity index (χ4v) is 1.93. The van der Waals surface area contributed by atoms with E-state index in [4.69, 9.17) is 9.47 Å². The van der Waals surface area contributed by atoms with E-state index in [9.17, 15) is 4.79 Å². The first-order chi connectivity index (χ1) is 9.71. The second-order valence-electron chi connectivity index (χ2n) is 4.76. The fourth-order valence-electron chi connectivity index (χ4n) is 1.93. The minimum Gasteiger partial charge on any atom is -0.497 e. The molecule has 0 bridgehead atoms. The second kappa shape index (κ2) is 9.18. The van der Waals surface area contributed by atoms with Crippen LogP contribution in [0, 0.1) is 0 Å². The van der Waals surface area contributed by atoms with E-state index in [0.717, 1.165) is 18.6 Å². The van der Waals surface area contributed by atoms with Gasteiger partial charge in [0.2, 0.25) is 0 Å². The molecule has 0 unspecified atom stereocenters. The molecular formula is C17H24O3. The maximum Gasteiger partial charge on any atom is 0.338 e. The predicted molar refractivity (Wildman–Crippen MR) is 81.2 cm³/mol. The molecule has 0 fully saturated rings. The lowest BCUT2D eigenvalue weighted by Crippen LogP contribution is -2.16.